The Hall–Kier alpha value is -0.250. The van der Waals surface area contributed by atoms with Crippen molar-refractivity contribution < 1.29 is 5.11 Å². The third-order valence-corrected chi connectivity index (χ3v) is 4.63. The Morgan fingerprint density at radius 3 is 2.62 bits per heavy atom. The Kier molecular flexibility index (Phi) is 4.11. The van der Waals surface area contributed by atoms with Crippen molar-refractivity contribution in [3.8, 4) is 0 Å². The van der Waals surface area contributed by atoms with Crippen molar-refractivity contribution in [3.63, 3.8) is 0 Å². The average molecular weight is 260 g/mol. The maximum Gasteiger partial charge on any atom is 0.0950 e. The first-order valence-electron chi connectivity index (χ1n) is 5.79. The summed E-state index contributed by atoms with van der Waals surface area (Å²) < 4.78 is 0.848. The van der Waals surface area contributed by atoms with Gasteiger partial charge in [-0.15, -0.1) is 11.3 Å². The minimum Gasteiger partial charge on any atom is -0.393 e. The molecule has 0 aromatic carbocycles. The molecular weight excluding hydrogens is 242 g/mol. The highest BCUT2D eigenvalue weighted by molar-refractivity contribution is 7.19. The minimum atomic E-state index is -0.0576. The number of hydrogen-bond donors (Lipinski definition) is 1. The van der Waals surface area contributed by atoms with Crippen molar-refractivity contribution >= 4 is 27.9 Å². The molecule has 1 heterocycles. The monoisotopic (exact) mass is 259 g/mol. The summed E-state index contributed by atoms with van der Waals surface area (Å²) in [5, 5.41) is 10.7. The molecular formula is C12H18ClNOS. The second-order valence-corrected chi connectivity index (χ2v) is 6.33. The van der Waals surface area contributed by atoms with E-state index >= 15 is 0 Å². The highest BCUT2D eigenvalue weighted by atomic mass is 35.5. The number of halogens is 1. The first-order valence-corrected chi connectivity index (χ1v) is 6.99. The number of rotatable bonds is 3. The minimum absolute atomic E-state index is 0.0576. The zero-order chi connectivity index (χ0) is 11.5. The van der Waals surface area contributed by atoms with Gasteiger partial charge in [-0.05, 0) is 43.7 Å². The lowest BCUT2D eigenvalue weighted by Gasteiger charge is -2.29. The van der Waals surface area contributed by atoms with E-state index in [2.05, 4.69) is 18.0 Å². The van der Waals surface area contributed by atoms with Crippen LogP contribution in [0.1, 0.15) is 25.7 Å². The van der Waals surface area contributed by atoms with Crippen LogP contribution in [0.4, 0.5) is 5.00 Å². The van der Waals surface area contributed by atoms with Crippen LogP contribution in [-0.2, 0) is 0 Å². The van der Waals surface area contributed by atoms with Crippen LogP contribution in [0.3, 0.4) is 0 Å². The van der Waals surface area contributed by atoms with E-state index in [4.69, 9.17) is 11.6 Å². The molecule has 1 saturated carbocycles. The molecule has 0 spiro atoms. The van der Waals surface area contributed by atoms with Crippen LogP contribution in [-0.4, -0.2) is 24.8 Å². The van der Waals surface area contributed by atoms with Gasteiger partial charge in [0.1, 0.15) is 0 Å². The first-order chi connectivity index (χ1) is 7.65. The van der Waals surface area contributed by atoms with Crippen LogP contribution in [0.25, 0.3) is 0 Å². The third-order valence-electron chi connectivity index (χ3n) is 3.28. The van der Waals surface area contributed by atoms with Crippen LogP contribution in [0.15, 0.2) is 12.1 Å². The maximum absolute atomic E-state index is 9.45. The van der Waals surface area contributed by atoms with Gasteiger partial charge in [0.25, 0.3) is 0 Å². The van der Waals surface area contributed by atoms with E-state index in [9.17, 15) is 5.11 Å². The van der Waals surface area contributed by atoms with Crippen molar-refractivity contribution in [1.29, 1.82) is 0 Å². The van der Waals surface area contributed by atoms with Crippen LogP contribution in [0.2, 0.25) is 4.34 Å². The van der Waals surface area contributed by atoms with Crippen LogP contribution < -0.4 is 4.90 Å². The fraction of sp³-hybridized carbons (Fsp3) is 0.667. The fourth-order valence-corrected chi connectivity index (χ4v) is 3.32. The molecule has 1 fully saturated rings. The van der Waals surface area contributed by atoms with Gasteiger partial charge >= 0.3 is 0 Å². The standard InChI is InChI=1S/C12H18ClNOS/c1-14(12-7-6-11(13)16-12)8-9-2-4-10(15)5-3-9/h6-7,9-10,15H,2-5,8H2,1H3. The molecule has 1 aliphatic carbocycles. The topological polar surface area (TPSA) is 23.5 Å². The molecule has 0 bridgehead atoms. The average Bonchev–Trinajstić information content (AvgIpc) is 2.68. The number of nitrogens with zero attached hydrogens (tertiary/aromatic N) is 1. The second-order valence-electron chi connectivity index (χ2n) is 4.63. The number of anilines is 1. The van der Waals surface area contributed by atoms with Gasteiger partial charge in [-0.3, -0.25) is 0 Å². The Labute approximate surface area is 106 Å². The molecule has 1 aromatic rings. The van der Waals surface area contributed by atoms with Gasteiger partial charge in [-0.1, -0.05) is 11.6 Å². The largest absolute Gasteiger partial charge is 0.393 e. The quantitative estimate of drug-likeness (QED) is 0.900. The summed E-state index contributed by atoms with van der Waals surface area (Å²) in [4.78, 5) is 2.28. The highest BCUT2D eigenvalue weighted by Crippen LogP contribution is 2.31. The van der Waals surface area contributed by atoms with Gasteiger partial charge in [0.15, 0.2) is 0 Å². The van der Waals surface area contributed by atoms with Crippen molar-refractivity contribution in [1.82, 2.24) is 0 Å². The summed E-state index contributed by atoms with van der Waals surface area (Å²) in [5.41, 5.74) is 0. The van der Waals surface area contributed by atoms with Gasteiger partial charge in [0.05, 0.1) is 15.4 Å². The van der Waals surface area contributed by atoms with E-state index in [1.807, 2.05) is 6.07 Å². The van der Waals surface area contributed by atoms with Crippen LogP contribution in [0, 0.1) is 5.92 Å². The normalized spacial score (nSPS) is 25.7. The van der Waals surface area contributed by atoms with Gasteiger partial charge in [-0.2, -0.15) is 0 Å². The molecule has 1 aromatic heterocycles. The second kappa shape index (κ2) is 5.39. The van der Waals surface area contributed by atoms with E-state index in [-0.39, 0.29) is 6.10 Å². The van der Waals surface area contributed by atoms with E-state index in [1.54, 1.807) is 11.3 Å². The fourth-order valence-electron chi connectivity index (χ4n) is 2.31. The molecule has 0 aliphatic heterocycles. The summed E-state index contributed by atoms with van der Waals surface area (Å²) >= 11 is 7.55. The predicted octanol–water partition coefficient (Wildman–Crippen LogP) is 3.39. The molecule has 4 heteroatoms. The lowest BCUT2D eigenvalue weighted by Crippen LogP contribution is -2.29. The molecule has 0 amide bonds. The van der Waals surface area contributed by atoms with Gasteiger partial charge < -0.3 is 10.0 Å². The molecule has 0 saturated heterocycles. The molecule has 0 unspecified atom stereocenters. The Morgan fingerprint density at radius 2 is 2.06 bits per heavy atom. The van der Waals surface area contributed by atoms with Crippen molar-refractivity contribution in [3.05, 3.63) is 16.5 Å². The summed E-state index contributed by atoms with van der Waals surface area (Å²) in [6, 6.07) is 4.02. The predicted molar refractivity (Wildman–Crippen MR) is 70.6 cm³/mol. The molecule has 2 nitrogen and oxygen atoms in total. The van der Waals surface area contributed by atoms with Gasteiger partial charge in [-0.25, -0.2) is 0 Å². The van der Waals surface area contributed by atoms with E-state index in [0.717, 1.165) is 36.6 Å². The number of hydrogen-bond acceptors (Lipinski definition) is 3. The maximum atomic E-state index is 9.45. The van der Waals surface area contributed by atoms with Crippen molar-refractivity contribution in [2.75, 3.05) is 18.5 Å². The zero-order valence-electron chi connectivity index (χ0n) is 9.53. The Bertz CT molecular complexity index is 334. The van der Waals surface area contributed by atoms with Crippen molar-refractivity contribution in [2.45, 2.75) is 31.8 Å². The lowest BCUT2D eigenvalue weighted by atomic mass is 9.87. The molecule has 1 N–H and O–H groups in total. The SMILES string of the molecule is CN(CC1CCC(O)CC1)c1ccc(Cl)s1. The number of aliphatic hydroxyl groups is 1. The van der Waals surface area contributed by atoms with Gasteiger partial charge in [0, 0.05) is 13.6 Å². The van der Waals surface area contributed by atoms with Crippen LogP contribution in [0.5, 0.6) is 0 Å². The molecule has 0 radical (unpaired) electrons. The Balaban J connectivity index is 1.85. The zero-order valence-corrected chi connectivity index (χ0v) is 11.1. The summed E-state index contributed by atoms with van der Waals surface area (Å²) in [5.74, 6) is 0.717. The smallest absolute Gasteiger partial charge is 0.0950 e. The first kappa shape index (κ1) is 12.2. The lowest BCUT2D eigenvalue weighted by molar-refractivity contribution is 0.110. The van der Waals surface area contributed by atoms with E-state index < -0.39 is 0 Å². The number of aliphatic hydroxyl groups excluding tert-OH is 1. The molecule has 0 atom stereocenters. The molecule has 1 aliphatic rings. The summed E-state index contributed by atoms with van der Waals surface area (Å²) in [7, 11) is 2.12. The van der Waals surface area contributed by atoms with E-state index in [0.29, 0.717) is 5.92 Å². The molecule has 16 heavy (non-hydrogen) atoms. The Morgan fingerprint density at radius 1 is 1.38 bits per heavy atom. The van der Waals surface area contributed by atoms with Gasteiger partial charge in [0.2, 0.25) is 0 Å². The van der Waals surface area contributed by atoms with Crippen molar-refractivity contribution in [2.24, 2.45) is 5.92 Å². The van der Waals surface area contributed by atoms with Crippen LogP contribution >= 0.6 is 22.9 Å². The third kappa shape index (κ3) is 3.12. The highest BCUT2D eigenvalue weighted by Gasteiger charge is 2.20. The van der Waals surface area contributed by atoms with E-state index in [1.165, 1.54) is 5.00 Å². The summed E-state index contributed by atoms with van der Waals surface area (Å²) in [6.07, 6.45) is 4.15. The molecule has 90 valence electrons. The molecule has 2 rings (SSSR count). The number of thiophene rings is 1. The summed E-state index contributed by atoms with van der Waals surface area (Å²) in [6.45, 7) is 1.07.